The average molecular weight is 258 g/mol. The molecule has 6 nitrogen and oxygen atoms in total. The SMILES string of the molecule is CC(CCCC(=O)O)NC(=O)COC1(C)CNC1. The van der Waals surface area contributed by atoms with Crippen molar-refractivity contribution in [2.75, 3.05) is 19.7 Å². The first-order valence-corrected chi connectivity index (χ1v) is 6.27. The molecule has 1 atom stereocenters. The number of rotatable bonds is 8. The summed E-state index contributed by atoms with van der Waals surface area (Å²) in [4.78, 5) is 21.9. The number of nitrogens with one attached hydrogen (secondary N) is 2. The molecule has 0 aromatic rings. The Morgan fingerprint density at radius 3 is 2.67 bits per heavy atom. The second kappa shape index (κ2) is 6.70. The van der Waals surface area contributed by atoms with Crippen molar-refractivity contribution in [2.45, 2.75) is 44.8 Å². The van der Waals surface area contributed by atoms with Crippen LogP contribution in [-0.2, 0) is 14.3 Å². The summed E-state index contributed by atoms with van der Waals surface area (Å²) >= 11 is 0. The van der Waals surface area contributed by atoms with Gasteiger partial charge < -0.3 is 20.5 Å². The highest BCUT2D eigenvalue weighted by atomic mass is 16.5. The number of carbonyl (C=O) groups excluding carboxylic acids is 1. The fourth-order valence-corrected chi connectivity index (χ4v) is 1.77. The smallest absolute Gasteiger partial charge is 0.303 e. The highest BCUT2D eigenvalue weighted by molar-refractivity contribution is 5.77. The summed E-state index contributed by atoms with van der Waals surface area (Å²) in [5.41, 5.74) is -0.218. The number of hydrogen-bond donors (Lipinski definition) is 3. The van der Waals surface area contributed by atoms with Crippen molar-refractivity contribution in [3.8, 4) is 0 Å². The lowest BCUT2D eigenvalue weighted by molar-refractivity contribution is -0.137. The molecule has 1 fully saturated rings. The molecule has 0 aliphatic carbocycles. The molecule has 0 bridgehead atoms. The van der Waals surface area contributed by atoms with Crippen molar-refractivity contribution in [3.05, 3.63) is 0 Å². The zero-order valence-corrected chi connectivity index (χ0v) is 11.0. The molecule has 1 saturated heterocycles. The summed E-state index contributed by atoms with van der Waals surface area (Å²) in [7, 11) is 0. The molecule has 104 valence electrons. The summed E-state index contributed by atoms with van der Waals surface area (Å²) in [5.74, 6) is -0.951. The Bertz CT molecular complexity index is 302. The number of hydrogen-bond acceptors (Lipinski definition) is 4. The zero-order valence-electron chi connectivity index (χ0n) is 11.0. The van der Waals surface area contributed by atoms with E-state index in [4.69, 9.17) is 9.84 Å². The van der Waals surface area contributed by atoms with Crippen molar-refractivity contribution in [2.24, 2.45) is 0 Å². The van der Waals surface area contributed by atoms with Crippen molar-refractivity contribution < 1.29 is 19.4 Å². The van der Waals surface area contributed by atoms with Gasteiger partial charge in [0.25, 0.3) is 0 Å². The van der Waals surface area contributed by atoms with Crippen LogP contribution in [0.1, 0.15) is 33.1 Å². The van der Waals surface area contributed by atoms with Crippen LogP contribution in [-0.4, -0.2) is 48.3 Å². The lowest BCUT2D eigenvalue weighted by Gasteiger charge is -2.38. The molecular weight excluding hydrogens is 236 g/mol. The maximum Gasteiger partial charge on any atom is 0.303 e. The first-order valence-electron chi connectivity index (χ1n) is 6.27. The number of ether oxygens (including phenoxy) is 1. The normalized spacial score (nSPS) is 18.8. The van der Waals surface area contributed by atoms with E-state index in [1.165, 1.54) is 0 Å². The van der Waals surface area contributed by atoms with Gasteiger partial charge in [0, 0.05) is 25.6 Å². The molecule has 0 radical (unpaired) electrons. The quantitative estimate of drug-likeness (QED) is 0.576. The minimum absolute atomic E-state index is 0.0206. The lowest BCUT2D eigenvalue weighted by Crippen LogP contribution is -2.59. The van der Waals surface area contributed by atoms with Gasteiger partial charge in [0.05, 0.1) is 5.60 Å². The summed E-state index contributed by atoms with van der Waals surface area (Å²) < 4.78 is 5.50. The van der Waals surface area contributed by atoms with Gasteiger partial charge in [-0.2, -0.15) is 0 Å². The summed E-state index contributed by atoms with van der Waals surface area (Å²) in [6, 6.07) is -0.0206. The van der Waals surface area contributed by atoms with Crippen molar-refractivity contribution in [3.63, 3.8) is 0 Å². The standard InChI is InChI=1S/C12H22N2O4/c1-9(4-3-5-11(16)17)14-10(15)6-18-12(2)7-13-8-12/h9,13H,3-8H2,1-2H3,(H,14,15)(H,16,17). The van der Waals surface area contributed by atoms with Crippen LogP contribution in [0.5, 0.6) is 0 Å². The summed E-state index contributed by atoms with van der Waals surface area (Å²) in [6.45, 7) is 5.43. The Labute approximate surface area is 107 Å². The van der Waals surface area contributed by atoms with Crippen LogP contribution < -0.4 is 10.6 Å². The molecule has 3 N–H and O–H groups in total. The molecular formula is C12H22N2O4. The monoisotopic (exact) mass is 258 g/mol. The first kappa shape index (κ1) is 14.9. The minimum Gasteiger partial charge on any atom is -0.481 e. The second-order valence-electron chi connectivity index (χ2n) is 5.10. The Hall–Kier alpha value is -1.14. The Morgan fingerprint density at radius 2 is 2.17 bits per heavy atom. The van der Waals surface area contributed by atoms with Crippen LogP contribution in [0.4, 0.5) is 0 Å². The van der Waals surface area contributed by atoms with Gasteiger partial charge in [-0.15, -0.1) is 0 Å². The first-order chi connectivity index (χ1) is 8.41. The van der Waals surface area contributed by atoms with E-state index in [1.54, 1.807) is 0 Å². The third-order valence-electron chi connectivity index (χ3n) is 2.98. The van der Waals surface area contributed by atoms with Gasteiger partial charge in [0.1, 0.15) is 6.61 Å². The summed E-state index contributed by atoms with van der Waals surface area (Å²) in [5, 5.41) is 14.4. The predicted molar refractivity (Wildman–Crippen MR) is 66.3 cm³/mol. The highest BCUT2D eigenvalue weighted by Gasteiger charge is 2.33. The molecule has 1 amide bonds. The summed E-state index contributed by atoms with van der Waals surface area (Å²) in [6.07, 6.45) is 1.37. The highest BCUT2D eigenvalue weighted by Crippen LogP contribution is 2.14. The third kappa shape index (κ3) is 5.46. The maximum absolute atomic E-state index is 11.6. The molecule has 1 rings (SSSR count). The topological polar surface area (TPSA) is 87.7 Å². The largest absolute Gasteiger partial charge is 0.481 e. The molecule has 1 aliphatic heterocycles. The van der Waals surface area contributed by atoms with Crippen molar-refractivity contribution in [1.29, 1.82) is 0 Å². The van der Waals surface area contributed by atoms with E-state index in [2.05, 4.69) is 10.6 Å². The predicted octanol–water partition coefficient (Wildman–Crippen LogP) is 0.125. The molecule has 0 aromatic heterocycles. The average Bonchev–Trinajstić information content (AvgIpc) is 2.23. The van der Waals surface area contributed by atoms with Crippen LogP contribution in [0.15, 0.2) is 0 Å². The van der Waals surface area contributed by atoms with Crippen molar-refractivity contribution >= 4 is 11.9 Å². The molecule has 0 aromatic carbocycles. The van der Waals surface area contributed by atoms with E-state index >= 15 is 0 Å². The Morgan fingerprint density at radius 1 is 1.50 bits per heavy atom. The molecule has 6 heteroatoms. The zero-order chi connectivity index (χ0) is 13.6. The number of carbonyl (C=O) groups is 2. The van der Waals surface area contributed by atoms with Crippen LogP contribution >= 0.6 is 0 Å². The van der Waals surface area contributed by atoms with E-state index in [-0.39, 0.29) is 30.6 Å². The van der Waals surface area contributed by atoms with Gasteiger partial charge in [-0.25, -0.2) is 0 Å². The fourth-order valence-electron chi connectivity index (χ4n) is 1.77. The van der Waals surface area contributed by atoms with E-state index in [9.17, 15) is 9.59 Å². The van der Waals surface area contributed by atoms with Gasteiger partial charge >= 0.3 is 5.97 Å². The van der Waals surface area contributed by atoms with Crippen LogP contribution in [0.3, 0.4) is 0 Å². The van der Waals surface area contributed by atoms with Gasteiger partial charge in [-0.05, 0) is 26.7 Å². The van der Waals surface area contributed by atoms with E-state index in [1.807, 2.05) is 13.8 Å². The molecule has 0 spiro atoms. The van der Waals surface area contributed by atoms with Crippen LogP contribution in [0.2, 0.25) is 0 Å². The van der Waals surface area contributed by atoms with Gasteiger partial charge in [0.15, 0.2) is 0 Å². The fraction of sp³-hybridized carbons (Fsp3) is 0.833. The van der Waals surface area contributed by atoms with Gasteiger partial charge in [-0.1, -0.05) is 0 Å². The Balaban J connectivity index is 2.09. The molecule has 1 heterocycles. The molecule has 0 saturated carbocycles. The van der Waals surface area contributed by atoms with Crippen LogP contribution in [0.25, 0.3) is 0 Å². The lowest BCUT2D eigenvalue weighted by atomic mass is 10.0. The minimum atomic E-state index is -0.803. The van der Waals surface area contributed by atoms with Crippen LogP contribution in [0, 0.1) is 0 Å². The molecule has 18 heavy (non-hydrogen) atoms. The van der Waals surface area contributed by atoms with E-state index < -0.39 is 5.97 Å². The number of carboxylic acids is 1. The number of amides is 1. The van der Waals surface area contributed by atoms with E-state index in [0.717, 1.165) is 13.1 Å². The molecule has 1 aliphatic rings. The van der Waals surface area contributed by atoms with Gasteiger partial charge in [0.2, 0.25) is 5.91 Å². The van der Waals surface area contributed by atoms with Gasteiger partial charge in [-0.3, -0.25) is 9.59 Å². The second-order valence-corrected chi connectivity index (χ2v) is 5.10. The molecule has 1 unspecified atom stereocenters. The van der Waals surface area contributed by atoms with E-state index in [0.29, 0.717) is 12.8 Å². The number of carboxylic acid groups (broad SMARTS) is 1. The van der Waals surface area contributed by atoms with Crippen molar-refractivity contribution in [1.82, 2.24) is 10.6 Å². The number of aliphatic carboxylic acids is 1. The third-order valence-corrected chi connectivity index (χ3v) is 2.98. The Kier molecular flexibility index (Phi) is 5.55. The maximum atomic E-state index is 11.6.